The summed E-state index contributed by atoms with van der Waals surface area (Å²) in [6.07, 6.45) is 0. The minimum atomic E-state index is -0.659. The number of ether oxygens (including phenoxy) is 2. The fourth-order valence-electron chi connectivity index (χ4n) is 2.29. The summed E-state index contributed by atoms with van der Waals surface area (Å²) in [4.78, 5) is 33.3. The third-order valence-electron chi connectivity index (χ3n) is 3.75. The van der Waals surface area contributed by atoms with Crippen molar-refractivity contribution >= 4 is 17.4 Å². The van der Waals surface area contributed by atoms with E-state index in [1.807, 2.05) is 0 Å². The van der Waals surface area contributed by atoms with Crippen molar-refractivity contribution in [1.29, 1.82) is 0 Å². The molecule has 3 rings (SSSR count). The van der Waals surface area contributed by atoms with E-state index < -0.39 is 10.9 Å². The minimum absolute atomic E-state index is 0.0590. The molecular weight excluding hydrogens is 382 g/mol. The molecule has 0 bridgehead atoms. The zero-order valence-electron chi connectivity index (χ0n) is 15.2. The van der Waals surface area contributed by atoms with Crippen LogP contribution in [0, 0.1) is 10.1 Å². The van der Waals surface area contributed by atoms with Gasteiger partial charge >= 0.3 is 5.97 Å². The van der Waals surface area contributed by atoms with E-state index in [-0.39, 0.29) is 36.5 Å². The summed E-state index contributed by atoms with van der Waals surface area (Å²) in [6.45, 7) is 0.823. The number of nitro benzene ring substituents is 1. The van der Waals surface area contributed by atoms with E-state index >= 15 is 0 Å². The third kappa shape index (κ3) is 5.22. The Kier molecular flexibility index (Phi) is 5.93. The zero-order valence-corrected chi connectivity index (χ0v) is 15.2. The van der Waals surface area contributed by atoms with E-state index in [1.165, 1.54) is 37.3 Å². The van der Waals surface area contributed by atoms with Gasteiger partial charge in [-0.05, 0) is 31.2 Å². The molecule has 0 radical (unpaired) electrons. The first kappa shape index (κ1) is 19.7. The molecule has 0 spiro atoms. The third-order valence-corrected chi connectivity index (χ3v) is 3.75. The van der Waals surface area contributed by atoms with Gasteiger partial charge in [-0.1, -0.05) is 12.1 Å². The van der Waals surface area contributed by atoms with E-state index in [9.17, 15) is 19.7 Å². The first-order chi connectivity index (χ1) is 13.9. The fourth-order valence-corrected chi connectivity index (χ4v) is 2.29. The molecule has 0 saturated carbocycles. The highest BCUT2D eigenvalue weighted by molar-refractivity contribution is 5.94. The summed E-state index contributed by atoms with van der Waals surface area (Å²) in [5.41, 5.74) is 0.908. The van der Waals surface area contributed by atoms with Crippen molar-refractivity contribution in [1.82, 2.24) is 10.2 Å². The van der Waals surface area contributed by atoms with Crippen molar-refractivity contribution in [2.75, 3.05) is 6.61 Å². The maximum absolute atomic E-state index is 11.8. The lowest BCUT2D eigenvalue weighted by Gasteiger charge is -2.06. The summed E-state index contributed by atoms with van der Waals surface area (Å²) < 4.78 is 15.7. The summed E-state index contributed by atoms with van der Waals surface area (Å²) in [5, 5.41) is 18.3. The van der Waals surface area contributed by atoms with Gasteiger partial charge in [-0.2, -0.15) is 0 Å². The van der Waals surface area contributed by atoms with Gasteiger partial charge in [0.1, 0.15) is 5.75 Å². The number of hydrogen-bond acceptors (Lipinski definition) is 9. The van der Waals surface area contributed by atoms with Crippen LogP contribution in [0.15, 0.2) is 52.9 Å². The first-order valence-corrected chi connectivity index (χ1v) is 8.39. The molecule has 148 valence electrons. The molecule has 2 aromatic carbocycles. The van der Waals surface area contributed by atoms with Gasteiger partial charge < -0.3 is 13.9 Å². The van der Waals surface area contributed by atoms with Crippen molar-refractivity contribution < 1.29 is 28.4 Å². The summed E-state index contributed by atoms with van der Waals surface area (Å²) >= 11 is 0. The Balaban J connectivity index is 1.51. The van der Waals surface area contributed by atoms with Crippen LogP contribution in [0.5, 0.6) is 5.75 Å². The van der Waals surface area contributed by atoms with Crippen LogP contribution in [0.1, 0.15) is 23.2 Å². The summed E-state index contributed by atoms with van der Waals surface area (Å²) in [5.74, 6) is -0.201. The van der Waals surface area contributed by atoms with Gasteiger partial charge in [-0.15, -0.1) is 10.2 Å². The van der Waals surface area contributed by atoms with Crippen LogP contribution in [0.4, 0.5) is 5.69 Å². The van der Waals surface area contributed by atoms with E-state index in [4.69, 9.17) is 13.9 Å². The number of ketones is 1. The Bertz CT molecular complexity index is 1040. The van der Waals surface area contributed by atoms with Crippen molar-refractivity contribution in [3.05, 3.63) is 70.1 Å². The topological polar surface area (TPSA) is 135 Å². The number of hydrogen-bond donors (Lipinski definition) is 0. The standard InChI is InChI=1S/C19H15N3O7/c1-12(23)14-3-2-4-16(9-14)27-11-18(24)28-10-17-20-21-19(29-17)13-5-7-15(8-6-13)22(25)26/h2-9H,10-11H2,1H3. The Labute approximate surface area is 164 Å². The lowest BCUT2D eigenvalue weighted by molar-refractivity contribution is -0.384. The molecule has 10 heteroatoms. The Morgan fingerprint density at radius 2 is 1.90 bits per heavy atom. The van der Waals surface area contributed by atoms with E-state index in [1.54, 1.807) is 18.2 Å². The Morgan fingerprint density at radius 3 is 2.59 bits per heavy atom. The van der Waals surface area contributed by atoms with Gasteiger partial charge in [0.25, 0.3) is 11.6 Å². The minimum Gasteiger partial charge on any atom is -0.482 e. The molecule has 0 atom stereocenters. The SMILES string of the molecule is CC(=O)c1cccc(OCC(=O)OCc2nnc(-c3ccc([N+](=O)[O-])cc3)o2)c1. The summed E-state index contributed by atoms with van der Waals surface area (Å²) in [6, 6.07) is 12.0. The lowest BCUT2D eigenvalue weighted by Crippen LogP contribution is -2.15. The van der Waals surface area contributed by atoms with Crippen molar-refractivity contribution in [2.24, 2.45) is 0 Å². The van der Waals surface area contributed by atoms with Gasteiger partial charge in [0.15, 0.2) is 19.0 Å². The molecule has 3 aromatic rings. The predicted octanol–water partition coefficient (Wildman–Crippen LogP) is 2.97. The molecule has 1 aromatic heterocycles. The first-order valence-electron chi connectivity index (χ1n) is 8.39. The number of rotatable bonds is 8. The fraction of sp³-hybridized carbons (Fsp3) is 0.158. The van der Waals surface area contributed by atoms with E-state index in [0.717, 1.165) is 0 Å². The van der Waals surface area contributed by atoms with Crippen LogP contribution in [-0.2, 0) is 16.1 Å². The highest BCUT2D eigenvalue weighted by Crippen LogP contribution is 2.21. The van der Waals surface area contributed by atoms with Crippen LogP contribution >= 0.6 is 0 Å². The van der Waals surface area contributed by atoms with Gasteiger partial charge in [0.2, 0.25) is 5.89 Å². The number of nitro groups is 1. The second-order valence-electron chi connectivity index (χ2n) is 5.84. The van der Waals surface area contributed by atoms with Crippen LogP contribution < -0.4 is 4.74 Å². The number of aromatic nitrogens is 2. The number of carbonyl (C=O) groups excluding carboxylic acids is 2. The van der Waals surface area contributed by atoms with Gasteiger partial charge in [-0.25, -0.2) is 4.79 Å². The summed E-state index contributed by atoms with van der Waals surface area (Å²) in [7, 11) is 0. The normalized spacial score (nSPS) is 10.4. The smallest absolute Gasteiger partial charge is 0.344 e. The number of non-ortho nitro benzene ring substituents is 1. The highest BCUT2D eigenvalue weighted by Gasteiger charge is 2.13. The molecule has 0 aliphatic rings. The number of carbonyl (C=O) groups is 2. The number of nitrogens with zero attached hydrogens (tertiary/aromatic N) is 3. The number of esters is 1. The van der Waals surface area contributed by atoms with Crippen molar-refractivity contribution in [3.63, 3.8) is 0 Å². The maximum Gasteiger partial charge on any atom is 0.344 e. The second-order valence-corrected chi connectivity index (χ2v) is 5.84. The predicted molar refractivity (Wildman–Crippen MR) is 98.1 cm³/mol. The molecule has 0 aliphatic heterocycles. The Hall–Kier alpha value is -4.08. The van der Waals surface area contributed by atoms with Gasteiger partial charge in [0, 0.05) is 23.3 Å². The molecule has 10 nitrogen and oxygen atoms in total. The van der Waals surface area contributed by atoms with Crippen LogP contribution in [-0.4, -0.2) is 33.5 Å². The molecular formula is C19H15N3O7. The molecule has 0 aliphatic carbocycles. The quantitative estimate of drug-likeness (QED) is 0.243. The highest BCUT2D eigenvalue weighted by atomic mass is 16.6. The molecule has 0 amide bonds. The van der Waals surface area contributed by atoms with E-state index in [0.29, 0.717) is 16.9 Å². The van der Waals surface area contributed by atoms with Crippen molar-refractivity contribution in [3.8, 4) is 17.2 Å². The average Bonchev–Trinajstić information content (AvgIpc) is 3.20. The lowest BCUT2D eigenvalue weighted by atomic mass is 10.1. The largest absolute Gasteiger partial charge is 0.482 e. The van der Waals surface area contributed by atoms with Crippen LogP contribution in [0.25, 0.3) is 11.5 Å². The molecule has 0 saturated heterocycles. The number of Topliss-reactive ketones (excluding diaryl/α,β-unsaturated/α-hetero) is 1. The van der Waals surface area contributed by atoms with Crippen LogP contribution in [0.3, 0.4) is 0 Å². The van der Waals surface area contributed by atoms with Gasteiger partial charge in [-0.3, -0.25) is 14.9 Å². The monoisotopic (exact) mass is 397 g/mol. The molecule has 0 N–H and O–H groups in total. The van der Waals surface area contributed by atoms with Crippen LogP contribution in [0.2, 0.25) is 0 Å². The van der Waals surface area contributed by atoms with Crippen molar-refractivity contribution in [2.45, 2.75) is 13.5 Å². The maximum atomic E-state index is 11.8. The molecule has 0 fully saturated rings. The molecule has 0 unspecified atom stereocenters. The molecule has 29 heavy (non-hydrogen) atoms. The Morgan fingerprint density at radius 1 is 1.14 bits per heavy atom. The average molecular weight is 397 g/mol. The second kappa shape index (κ2) is 8.74. The van der Waals surface area contributed by atoms with E-state index in [2.05, 4.69) is 10.2 Å². The molecule has 1 heterocycles. The van der Waals surface area contributed by atoms with Gasteiger partial charge in [0.05, 0.1) is 4.92 Å². The zero-order chi connectivity index (χ0) is 20.8. The number of benzene rings is 2.